The molecule has 0 amide bonds. The molecule has 0 aromatic heterocycles. The van der Waals surface area contributed by atoms with Gasteiger partial charge in [-0.05, 0) is 31.4 Å². The van der Waals surface area contributed by atoms with Gasteiger partial charge in [-0.25, -0.2) is 0 Å². The van der Waals surface area contributed by atoms with Crippen LogP contribution < -0.4 is 4.90 Å². The molecule has 1 atom stereocenters. The van der Waals surface area contributed by atoms with Gasteiger partial charge in [-0.1, -0.05) is 32.0 Å². The first kappa shape index (κ1) is 12.1. The maximum atomic E-state index is 9.74. The molecule has 84 valence electrons. The first-order valence-electron chi connectivity index (χ1n) is 5.73. The van der Waals surface area contributed by atoms with Crippen LogP contribution in [0.15, 0.2) is 24.3 Å². The van der Waals surface area contributed by atoms with Crippen LogP contribution in [-0.4, -0.2) is 17.9 Å². The predicted molar refractivity (Wildman–Crippen MR) is 65.1 cm³/mol. The molecule has 0 saturated heterocycles. The van der Waals surface area contributed by atoms with E-state index in [0.29, 0.717) is 0 Å². The maximum Gasteiger partial charge on any atom is 0.124 e. The zero-order chi connectivity index (χ0) is 11.3. The molecule has 0 aliphatic heterocycles. The lowest BCUT2D eigenvalue weighted by atomic mass is 10.1. The van der Waals surface area contributed by atoms with Crippen molar-refractivity contribution in [1.29, 1.82) is 0 Å². The molecule has 15 heavy (non-hydrogen) atoms. The third-order valence-corrected chi connectivity index (χ3v) is 2.60. The summed E-state index contributed by atoms with van der Waals surface area (Å²) in [4.78, 5) is 2.05. The average molecular weight is 207 g/mol. The normalized spacial score (nSPS) is 12.5. The minimum atomic E-state index is -0.419. The number of aliphatic hydroxyl groups is 1. The van der Waals surface area contributed by atoms with Crippen molar-refractivity contribution in [3.8, 4) is 0 Å². The number of hydrogen-bond acceptors (Lipinski definition) is 2. The van der Waals surface area contributed by atoms with Gasteiger partial charge in [0.25, 0.3) is 0 Å². The first-order valence-corrected chi connectivity index (χ1v) is 5.73. The Morgan fingerprint density at radius 1 is 1.27 bits per heavy atom. The van der Waals surface area contributed by atoms with Gasteiger partial charge in [0, 0.05) is 12.2 Å². The highest BCUT2D eigenvalue weighted by atomic mass is 16.3. The van der Waals surface area contributed by atoms with Gasteiger partial charge in [0.15, 0.2) is 0 Å². The van der Waals surface area contributed by atoms with Crippen LogP contribution in [0.5, 0.6) is 0 Å². The van der Waals surface area contributed by atoms with Crippen LogP contribution in [0.3, 0.4) is 0 Å². The van der Waals surface area contributed by atoms with Crippen molar-refractivity contribution in [2.45, 2.75) is 39.8 Å². The molecule has 0 spiro atoms. The number of benzene rings is 1. The quantitative estimate of drug-likeness (QED) is 0.750. The van der Waals surface area contributed by atoms with Crippen LogP contribution in [-0.2, 0) is 6.42 Å². The SMILES string of the molecule is CCCN(c1ccccc1CC)C(C)O. The van der Waals surface area contributed by atoms with Gasteiger partial charge in [-0.3, -0.25) is 0 Å². The third kappa shape index (κ3) is 2.96. The van der Waals surface area contributed by atoms with Crippen LogP contribution in [0.25, 0.3) is 0 Å². The Labute approximate surface area is 92.5 Å². The van der Waals surface area contributed by atoms with Crippen molar-refractivity contribution < 1.29 is 5.11 Å². The van der Waals surface area contributed by atoms with E-state index in [1.54, 1.807) is 0 Å². The van der Waals surface area contributed by atoms with Crippen LogP contribution in [0.4, 0.5) is 5.69 Å². The van der Waals surface area contributed by atoms with E-state index in [2.05, 4.69) is 36.9 Å². The van der Waals surface area contributed by atoms with E-state index >= 15 is 0 Å². The summed E-state index contributed by atoms with van der Waals surface area (Å²) in [6.45, 7) is 6.99. The van der Waals surface area contributed by atoms with Gasteiger partial charge in [0.2, 0.25) is 0 Å². The van der Waals surface area contributed by atoms with E-state index in [9.17, 15) is 5.11 Å². The van der Waals surface area contributed by atoms with Gasteiger partial charge < -0.3 is 10.0 Å². The van der Waals surface area contributed by atoms with Crippen molar-refractivity contribution >= 4 is 5.69 Å². The second-order valence-electron chi connectivity index (χ2n) is 3.81. The van der Waals surface area contributed by atoms with E-state index in [1.165, 1.54) is 5.56 Å². The lowest BCUT2D eigenvalue weighted by Gasteiger charge is -2.29. The van der Waals surface area contributed by atoms with E-state index in [0.717, 1.165) is 25.1 Å². The zero-order valence-corrected chi connectivity index (χ0v) is 9.90. The molecule has 1 unspecified atom stereocenters. The minimum Gasteiger partial charge on any atom is -0.374 e. The number of aliphatic hydroxyl groups excluding tert-OH is 1. The molecule has 0 bridgehead atoms. The largest absolute Gasteiger partial charge is 0.374 e. The van der Waals surface area contributed by atoms with Gasteiger partial charge in [0.1, 0.15) is 6.23 Å². The predicted octanol–water partition coefficient (Wildman–Crippen LogP) is 2.80. The molecule has 2 nitrogen and oxygen atoms in total. The molecule has 0 saturated carbocycles. The number of aryl methyl sites for hydroxylation is 1. The highest BCUT2D eigenvalue weighted by Gasteiger charge is 2.13. The second kappa shape index (κ2) is 5.76. The zero-order valence-electron chi connectivity index (χ0n) is 9.90. The van der Waals surface area contributed by atoms with Crippen molar-refractivity contribution in [1.82, 2.24) is 0 Å². The highest BCUT2D eigenvalue weighted by Crippen LogP contribution is 2.22. The summed E-state index contributed by atoms with van der Waals surface area (Å²) in [6.07, 6.45) is 1.63. The highest BCUT2D eigenvalue weighted by molar-refractivity contribution is 5.53. The number of rotatable bonds is 5. The van der Waals surface area contributed by atoms with E-state index in [-0.39, 0.29) is 0 Å². The standard InChI is InChI=1S/C13H21NO/c1-4-10-14(11(3)15)13-9-7-6-8-12(13)5-2/h6-9,11,15H,4-5,10H2,1-3H3. The van der Waals surface area contributed by atoms with Crippen LogP contribution >= 0.6 is 0 Å². The van der Waals surface area contributed by atoms with Gasteiger partial charge in [0.05, 0.1) is 0 Å². The first-order chi connectivity index (χ1) is 7.20. The summed E-state index contributed by atoms with van der Waals surface area (Å²) in [5.74, 6) is 0. The fourth-order valence-corrected chi connectivity index (χ4v) is 1.84. The molecule has 2 heteroatoms. The Morgan fingerprint density at radius 2 is 1.93 bits per heavy atom. The fourth-order valence-electron chi connectivity index (χ4n) is 1.84. The minimum absolute atomic E-state index is 0.419. The van der Waals surface area contributed by atoms with Crippen molar-refractivity contribution in [2.24, 2.45) is 0 Å². The molecule has 0 aliphatic rings. The number of nitrogens with zero attached hydrogens (tertiary/aromatic N) is 1. The summed E-state index contributed by atoms with van der Waals surface area (Å²) in [5.41, 5.74) is 2.46. The molecule has 1 N–H and O–H groups in total. The third-order valence-electron chi connectivity index (χ3n) is 2.60. The lowest BCUT2D eigenvalue weighted by molar-refractivity contribution is 0.188. The van der Waals surface area contributed by atoms with Gasteiger partial charge >= 0.3 is 0 Å². The molecule has 1 aromatic rings. The Morgan fingerprint density at radius 3 is 2.47 bits per heavy atom. The van der Waals surface area contributed by atoms with Crippen molar-refractivity contribution in [2.75, 3.05) is 11.4 Å². The summed E-state index contributed by atoms with van der Waals surface area (Å²) in [5, 5.41) is 9.74. The van der Waals surface area contributed by atoms with Crippen LogP contribution in [0.2, 0.25) is 0 Å². The van der Waals surface area contributed by atoms with E-state index < -0.39 is 6.23 Å². The summed E-state index contributed by atoms with van der Waals surface area (Å²) >= 11 is 0. The second-order valence-corrected chi connectivity index (χ2v) is 3.81. The summed E-state index contributed by atoms with van der Waals surface area (Å²) < 4.78 is 0. The monoisotopic (exact) mass is 207 g/mol. The molecule has 0 radical (unpaired) electrons. The Balaban J connectivity index is 2.98. The number of anilines is 1. The van der Waals surface area contributed by atoms with Crippen LogP contribution in [0.1, 0.15) is 32.8 Å². The molecule has 0 heterocycles. The maximum absolute atomic E-state index is 9.74. The summed E-state index contributed by atoms with van der Waals surface area (Å²) in [6, 6.07) is 8.29. The number of para-hydroxylation sites is 1. The van der Waals surface area contributed by atoms with Crippen molar-refractivity contribution in [3.63, 3.8) is 0 Å². The molecule has 1 rings (SSSR count). The Hall–Kier alpha value is -1.02. The van der Waals surface area contributed by atoms with Crippen molar-refractivity contribution in [3.05, 3.63) is 29.8 Å². The van der Waals surface area contributed by atoms with Crippen LogP contribution in [0, 0.1) is 0 Å². The topological polar surface area (TPSA) is 23.5 Å². The lowest BCUT2D eigenvalue weighted by Crippen LogP contribution is -2.34. The number of hydrogen-bond donors (Lipinski definition) is 1. The average Bonchev–Trinajstić information content (AvgIpc) is 2.25. The smallest absolute Gasteiger partial charge is 0.124 e. The van der Waals surface area contributed by atoms with Gasteiger partial charge in [-0.2, -0.15) is 0 Å². The van der Waals surface area contributed by atoms with E-state index in [1.807, 2.05) is 13.0 Å². The van der Waals surface area contributed by atoms with Gasteiger partial charge in [-0.15, -0.1) is 0 Å². The molecule has 1 aromatic carbocycles. The molecular weight excluding hydrogens is 186 g/mol. The molecule has 0 aliphatic carbocycles. The Kier molecular flexibility index (Phi) is 4.63. The fraction of sp³-hybridized carbons (Fsp3) is 0.538. The molecular formula is C13H21NO. The summed E-state index contributed by atoms with van der Waals surface area (Å²) in [7, 11) is 0. The Bertz CT molecular complexity index is 296. The van der Waals surface area contributed by atoms with E-state index in [4.69, 9.17) is 0 Å². The molecule has 0 fully saturated rings.